The first kappa shape index (κ1) is 51.9. The zero-order valence-electron chi connectivity index (χ0n) is 41.6. The van der Waals surface area contributed by atoms with Crippen LogP contribution in [-0.4, -0.2) is 124 Å². The molecular weight excluding hydrogens is 873 g/mol. The molecule has 4 aliphatic heterocycles. The van der Waals surface area contributed by atoms with Gasteiger partial charge in [-0.25, -0.2) is 0 Å². The quantitative estimate of drug-likeness (QED) is 0.0694. The van der Waals surface area contributed by atoms with Crippen LogP contribution >= 0.6 is 0 Å². The minimum absolute atomic E-state index is 0.0541. The fourth-order valence-electron chi connectivity index (χ4n) is 11.1. The molecule has 0 saturated carbocycles. The monoisotopic (exact) mass is 951 g/mol. The van der Waals surface area contributed by atoms with E-state index in [-0.39, 0.29) is 53.4 Å². The molecule has 69 heavy (non-hydrogen) atoms. The van der Waals surface area contributed by atoms with Crippen molar-refractivity contribution in [1.82, 2.24) is 36.0 Å². The first-order chi connectivity index (χ1) is 33.3. The molecule has 0 spiro atoms. The van der Waals surface area contributed by atoms with Gasteiger partial charge in [0.1, 0.15) is 24.2 Å². The minimum Gasteiger partial charge on any atom is -0.379 e. The number of ether oxygens (including phenoxy) is 1. The lowest BCUT2D eigenvalue weighted by molar-refractivity contribution is -0.137. The van der Waals surface area contributed by atoms with Crippen molar-refractivity contribution in [3.05, 3.63) is 107 Å². The van der Waals surface area contributed by atoms with Crippen molar-refractivity contribution in [2.75, 3.05) is 26.7 Å². The van der Waals surface area contributed by atoms with E-state index in [0.717, 1.165) is 56.3 Å². The number of nitrogens with zero attached hydrogens (tertiary/aromatic N) is 4. The molecule has 15 nitrogen and oxygen atoms in total. The van der Waals surface area contributed by atoms with Crippen LogP contribution in [0.15, 0.2) is 101 Å². The molecule has 3 fully saturated rings. The molecule has 4 heterocycles. The summed E-state index contributed by atoms with van der Waals surface area (Å²) < 4.78 is 4.93. The van der Waals surface area contributed by atoms with Crippen LogP contribution in [0, 0.1) is 23.7 Å². The number of rotatable bonds is 19. The smallest absolute Gasteiger partial charge is 0.270 e. The van der Waals surface area contributed by atoms with Gasteiger partial charge in [-0.1, -0.05) is 75.4 Å². The fourth-order valence-corrected chi connectivity index (χ4v) is 11.1. The number of hydrogen-bond acceptors (Lipinski definition) is 12. The third-order valence-corrected chi connectivity index (χ3v) is 15.0. The molecule has 1 aromatic rings. The second-order valence-corrected chi connectivity index (χ2v) is 20.2. The first-order valence-electron chi connectivity index (χ1n) is 25.5. The number of aliphatic imine (C=N–C) groups is 1. The van der Waals surface area contributed by atoms with Gasteiger partial charge in [0.2, 0.25) is 18.2 Å². The van der Waals surface area contributed by atoms with Crippen LogP contribution in [0.4, 0.5) is 0 Å². The predicted molar refractivity (Wildman–Crippen MR) is 268 cm³/mol. The Kier molecular flexibility index (Phi) is 18.3. The van der Waals surface area contributed by atoms with E-state index in [1.165, 1.54) is 18.4 Å². The van der Waals surface area contributed by atoms with Crippen LogP contribution < -0.4 is 21.3 Å². The highest BCUT2D eigenvalue weighted by Crippen LogP contribution is 2.45. The molecule has 3 amide bonds. The van der Waals surface area contributed by atoms with Gasteiger partial charge in [0.25, 0.3) is 5.91 Å². The summed E-state index contributed by atoms with van der Waals surface area (Å²) >= 11 is 0. The molecule has 0 bridgehead atoms. The summed E-state index contributed by atoms with van der Waals surface area (Å²) in [5, 5.41) is 44.0. The van der Waals surface area contributed by atoms with Crippen molar-refractivity contribution in [3.8, 4) is 0 Å². The molecule has 6 unspecified atom stereocenters. The Hall–Kier alpha value is -4.90. The number of carbonyl (C=O) groups excluding carboxylic acids is 3. The molecule has 376 valence electrons. The Morgan fingerprint density at radius 1 is 0.870 bits per heavy atom. The van der Waals surface area contributed by atoms with Crippen LogP contribution in [0.5, 0.6) is 0 Å². The number of hydrogen-bond donors (Lipinski definition) is 7. The lowest BCUT2D eigenvalue weighted by Crippen LogP contribution is -2.58. The van der Waals surface area contributed by atoms with E-state index in [9.17, 15) is 29.7 Å². The summed E-state index contributed by atoms with van der Waals surface area (Å²) in [5.41, 5.74) is 5.10. The molecular formula is C54H78N8O7. The van der Waals surface area contributed by atoms with Gasteiger partial charge >= 0.3 is 0 Å². The van der Waals surface area contributed by atoms with Crippen molar-refractivity contribution in [1.29, 1.82) is 0 Å². The van der Waals surface area contributed by atoms with E-state index in [4.69, 9.17) is 4.74 Å². The highest BCUT2D eigenvalue weighted by molar-refractivity contribution is 5.97. The van der Waals surface area contributed by atoms with Gasteiger partial charge in [-0.15, -0.1) is 0 Å². The van der Waals surface area contributed by atoms with Crippen molar-refractivity contribution >= 4 is 23.9 Å². The summed E-state index contributed by atoms with van der Waals surface area (Å²) in [6, 6.07) is 7.55. The van der Waals surface area contributed by atoms with Gasteiger partial charge in [0.05, 0.1) is 18.1 Å². The molecule has 6 aliphatic rings. The van der Waals surface area contributed by atoms with E-state index in [1.807, 2.05) is 38.0 Å². The van der Waals surface area contributed by atoms with Crippen molar-refractivity contribution in [3.63, 3.8) is 0 Å². The summed E-state index contributed by atoms with van der Waals surface area (Å²) in [5.74, 6) is 0.384. The topological polar surface area (TPSA) is 191 Å². The third-order valence-electron chi connectivity index (χ3n) is 15.0. The SMILES string of the molecule is CCC(O)N[C@@H](C(C)C)C(O)N1CCC[C@H]1C(=O)NCc1ccc([C@H]2CC[C@H](C3C=CC(NC(=O)[C@@H]4CCCN4C(=O)C(NC(O)OC)=C(C)C)=CC3)N2C2=CCCC(C3C=CC=NC3)C=C2)cc1. The van der Waals surface area contributed by atoms with Crippen LogP contribution in [0.1, 0.15) is 116 Å². The number of likely N-dealkylation sites (tertiary alicyclic amines) is 3. The molecule has 15 heteroatoms. The largest absolute Gasteiger partial charge is 0.379 e. The molecule has 3 saturated heterocycles. The van der Waals surface area contributed by atoms with Crippen LogP contribution in [-0.2, 0) is 25.7 Å². The number of aliphatic hydroxyl groups is 3. The van der Waals surface area contributed by atoms with Gasteiger partial charge in [-0.3, -0.25) is 29.6 Å². The molecule has 0 aromatic heterocycles. The van der Waals surface area contributed by atoms with Gasteiger partial charge < -0.3 is 45.8 Å². The predicted octanol–water partition coefficient (Wildman–Crippen LogP) is 5.41. The van der Waals surface area contributed by atoms with E-state index in [2.05, 4.69) is 98.0 Å². The molecule has 7 rings (SSSR count). The number of amides is 3. The Balaban J connectivity index is 1.02. The summed E-state index contributed by atoms with van der Waals surface area (Å²) in [4.78, 5) is 51.7. The molecule has 2 aliphatic carbocycles. The maximum absolute atomic E-state index is 13.8. The normalized spacial score (nSPS) is 27.7. The Morgan fingerprint density at radius 3 is 2.30 bits per heavy atom. The summed E-state index contributed by atoms with van der Waals surface area (Å²) in [6.07, 6.45) is 24.8. The summed E-state index contributed by atoms with van der Waals surface area (Å²) in [7, 11) is 1.34. The Bertz CT molecular complexity index is 2160. The average Bonchev–Trinajstić information content (AvgIpc) is 4.12. The van der Waals surface area contributed by atoms with Crippen LogP contribution in [0.3, 0.4) is 0 Å². The van der Waals surface area contributed by atoms with E-state index < -0.39 is 31.0 Å². The van der Waals surface area contributed by atoms with E-state index >= 15 is 0 Å². The van der Waals surface area contributed by atoms with E-state index in [1.54, 1.807) is 18.7 Å². The van der Waals surface area contributed by atoms with Crippen molar-refractivity contribution in [2.45, 2.75) is 154 Å². The van der Waals surface area contributed by atoms with Crippen LogP contribution in [0.25, 0.3) is 0 Å². The van der Waals surface area contributed by atoms with Crippen LogP contribution in [0.2, 0.25) is 0 Å². The number of aliphatic hydroxyl groups excluding tert-OH is 3. The molecule has 11 atom stereocenters. The highest BCUT2D eigenvalue weighted by Gasteiger charge is 2.42. The third kappa shape index (κ3) is 12.7. The van der Waals surface area contributed by atoms with Gasteiger partial charge in [-0.05, 0) is 125 Å². The standard InChI is InChI=1S/C54H78N8O7/c1-7-47(63)58-48(34(2)3)52(66)60-30-10-15-45(60)50(64)56-32-36-17-19-38(20-18-36)43-27-28-44(62(43)42-14-8-12-37(23-26-42)40-13-9-29-55-33-40)39-21-24-41(25-22-39)57-51(65)46-16-11-31-61(46)53(67)49(35(4)5)59-54(68)69-6/h9,13-14,17-21,23-26,29,34,37,39-40,43-48,52,54,58-59,63,66,68H,7-8,10-12,15-16,22,27-28,30-33H2,1-6H3,(H,56,64)(H,57,65)/t37?,39?,40?,43-,44-,45+,46+,47?,48+,52?,54?/m1/s1. The molecule has 1 aromatic carbocycles. The van der Waals surface area contributed by atoms with Gasteiger partial charge in [-0.2, -0.15) is 0 Å². The average molecular weight is 951 g/mol. The Morgan fingerprint density at radius 2 is 1.62 bits per heavy atom. The van der Waals surface area contributed by atoms with Crippen molar-refractivity contribution < 1.29 is 34.4 Å². The Labute approximate surface area is 409 Å². The van der Waals surface area contributed by atoms with E-state index in [0.29, 0.717) is 62.7 Å². The molecule has 0 radical (unpaired) electrons. The number of carbonyl (C=O) groups is 3. The van der Waals surface area contributed by atoms with Gasteiger partial charge in [0, 0.05) is 68.8 Å². The number of nitrogens with one attached hydrogen (secondary N) is 4. The summed E-state index contributed by atoms with van der Waals surface area (Å²) in [6.45, 7) is 11.7. The zero-order valence-corrected chi connectivity index (χ0v) is 41.6. The number of benzene rings is 1. The maximum atomic E-state index is 13.8. The number of dihydropyridines is 1. The second-order valence-electron chi connectivity index (χ2n) is 20.2. The number of allylic oxidation sites excluding steroid dienone is 7. The van der Waals surface area contributed by atoms with Crippen molar-refractivity contribution in [2.24, 2.45) is 28.7 Å². The second kappa shape index (κ2) is 24.3. The highest BCUT2D eigenvalue weighted by atomic mass is 16.6. The lowest BCUT2D eigenvalue weighted by Gasteiger charge is -2.38. The first-order valence-corrected chi connectivity index (χ1v) is 25.5. The minimum atomic E-state index is -1.34. The lowest BCUT2D eigenvalue weighted by atomic mass is 9.87. The zero-order chi connectivity index (χ0) is 49.2. The fraction of sp³-hybridized carbons (Fsp3) is 0.593. The van der Waals surface area contributed by atoms with Gasteiger partial charge in [0.15, 0.2) is 0 Å². The molecule has 7 N–H and O–H groups in total. The maximum Gasteiger partial charge on any atom is 0.270 e. The number of methoxy groups -OCH3 is 1.